The molecule has 0 aliphatic carbocycles. The molecule has 192 valence electrons. The van der Waals surface area contributed by atoms with Gasteiger partial charge in [-0.25, -0.2) is 13.4 Å². The van der Waals surface area contributed by atoms with Gasteiger partial charge in [0.1, 0.15) is 0 Å². The van der Waals surface area contributed by atoms with E-state index in [1.807, 2.05) is 19.9 Å². The Morgan fingerprint density at radius 1 is 1.05 bits per heavy atom. The van der Waals surface area contributed by atoms with Crippen molar-refractivity contribution in [2.45, 2.75) is 42.1 Å². The molecule has 2 N–H and O–H groups in total. The van der Waals surface area contributed by atoms with Crippen LogP contribution in [0.2, 0.25) is 5.15 Å². The van der Waals surface area contributed by atoms with Crippen molar-refractivity contribution in [2.24, 2.45) is 0 Å². The largest absolute Gasteiger partial charge is 0.325 e. The molecule has 2 heterocycles. The van der Waals surface area contributed by atoms with E-state index < -0.39 is 15.3 Å². The quantitative estimate of drug-likeness (QED) is 0.231. The molecule has 0 aliphatic heterocycles. The van der Waals surface area contributed by atoms with E-state index in [4.69, 9.17) is 11.6 Å². The molecule has 0 spiro atoms. The Bertz CT molecular complexity index is 1590. The van der Waals surface area contributed by atoms with Crippen molar-refractivity contribution in [1.29, 1.82) is 0 Å². The third-order valence-corrected chi connectivity index (χ3v) is 8.28. The molecule has 1 atom stereocenters. The summed E-state index contributed by atoms with van der Waals surface area (Å²) in [6.45, 7) is 4.14. The first-order chi connectivity index (χ1) is 17.7. The van der Waals surface area contributed by atoms with Gasteiger partial charge < -0.3 is 5.32 Å². The number of aromatic nitrogens is 4. The average Bonchev–Trinajstić information content (AvgIpc) is 2.89. The highest BCUT2D eigenvalue weighted by Gasteiger charge is 2.22. The number of anilines is 2. The van der Waals surface area contributed by atoms with E-state index >= 15 is 0 Å². The van der Waals surface area contributed by atoms with Crippen molar-refractivity contribution in [3.8, 4) is 0 Å². The molecule has 0 saturated carbocycles. The first-order valence-corrected chi connectivity index (χ1v) is 14.0. The van der Waals surface area contributed by atoms with Gasteiger partial charge in [0.25, 0.3) is 15.6 Å². The molecular weight excluding hydrogens is 536 g/mol. The van der Waals surface area contributed by atoms with Gasteiger partial charge >= 0.3 is 0 Å². The van der Waals surface area contributed by atoms with Gasteiger partial charge in [0, 0.05) is 12.2 Å². The number of carbonyl (C=O) groups excluding carboxylic acids is 1. The minimum Gasteiger partial charge on any atom is -0.325 e. The molecule has 4 rings (SSSR count). The summed E-state index contributed by atoms with van der Waals surface area (Å²) >= 11 is 6.89. The fraction of sp³-hybridized carbons (Fsp3) is 0.208. The Kier molecular flexibility index (Phi) is 8.10. The minimum absolute atomic E-state index is 0.0176. The first-order valence-electron chi connectivity index (χ1n) is 11.3. The zero-order valence-corrected chi connectivity index (χ0v) is 22.3. The van der Waals surface area contributed by atoms with Crippen LogP contribution in [-0.4, -0.2) is 39.3 Å². The smallest absolute Gasteiger partial charge is 0.263 e. The molecule has 1 unspecified atom stereocenters. The van der Waals surface area contributed by atoms with Gasteiger partial charge in [0.15, 0.2) is 16.1 Å². The van der Waals surface area contributed by atoms with Gasteiger partial charge in [-0.2, -0.15) is 0 Å². The SMILES string of the molecule is CCC(Sc1nc2ccccc2c(=O)n1CC)C(=O)Nc1ccc(S(=O)(=O)Nc2ccc(Cl)nn2)cc1. The summed E-state index contributed by atoms with van der Waals surface area (Å²) in [6, 6.07) is 15.6. The number of rotatable bonds is 9. The molecule has 13 heteroatoms. The van der Waals surface area contributed by atoms with E-state index in [0.29, 0.717) is 34.7 Å². The van der Waals surface area contributed by atoms with Crippen molar-refractivity contribution < 1.29 is 13.2 Å². The maximum Gasteiger partial charge on any atom is 0.263 e. The maximum atomic E-state index is 13.0. The predicted molar refractivity (Wildman–Crippen MR) is 145 cm³/mol. The molecule has 0 bridgehead atoms. The van der Waals surface area contributed by atoms with Crippen LogP contribution in [0.15, 0.2) is 75.5 Å². The van der Waals surface area contributed by atoms with Gasteiger partial charge in [0.05, 0.1) is 21.0 Å². The molecule has 0 aliphatic rings. The van der Waals surface area contributed by atoms with E-state index in [-0.39, 0.29) is 27.3 Å². The lowest BCUT2D eigenvalue weighted by Gasteiger charge is -2.17. The molecular formula is C24H23ClN6O4S2. The second-order valence-electron chi connectivity index (χ2n) is 7.84. The Morgan fingerprint density at radius 3 is 2.43 bits per heavy atom. The number of amides is 1. The van der Waals surface area contributed by atoms with Crippen LogP contribution in [0.1, 0.15) is 20.3 Å². The Balaban J connectivity index is 1.48. The van der Waals surface area contributed by atoms with Crippen LogP contribution < -0.4 is 15.6 Å². The van der Waals surface area contributed by atoms with Crippen molar-refractivity contribution in [1.82, 2.24) is 19.7 Å². The number of thioether (sulfide) groups is 1. The summed E-state index contributed by atoms with van der Waals surface area (Å²) in [5.41, 5.74) is 0.847. The highest BCUT2D eigenvalue weighted by Crippen LogP contribution is 2.26. The molecule has 10 nitrogen and oxygen atoms in total. The lowest BCUT2D eigenvalue weighted by molar-refractivity contribution is -0.115. The van der Waals surface area contributed by atoms with Crippen LogP contribution >= 0.6 is 23.4 Å². The number of hydrogen-bond acceptors (Lipinski definition) is 8. The lowest BCUT2D eigenvalue weighted by Crippen LogP contribution is -2.28. The number of nitrogens with zero attached hydrogens (tertiary/aromatic N) is 4. The molecule has 2 aromatic carbocycles. The monoisotopic (exact) mass is 558 g/mol. The molecule has 0 fully saturated rings. The van der Waals surface area contributed by atoms with Crippen LogP contribution in [0.5, 0.6) is 0 Å². The third-order valence-electron chi connectivity index (χ3n) is 5.36. The number of para-hydroxylation sites is 1. The molecule has 37 heavy (non-hydrogen) atoms. The Morgan fingerprint density at radius 2 is 1.78 bits per heavy atom. The summed E-state index contributed by atoms with van der Waals surface area (Å²) in [4.78, 5) is 30.5. The first kappa shape index (κ1) is 26.6. The predicted octanol–water partition coefficient (Wildman–Crippen LogP) is 4.17. The van der Waals surface area contributed by atoms with Crippen molar-refractivity contribution in [3.63, 3.8) is 0 Å². The van der Waals surface area contributed by atoms with Crippen molar-refractivity contribution >= 4 is 61.7 Å². The van der Waals surface area contributed by atoms with E-state index in [1.165, 1.54) is 48.2 Å². The minimum atomic E-state index is -3.92. The van der Waals surface area contributed by atoms with Crippen LogP contribution in [0.25, 0.3) is 10.9 Å². The zero-order valence-electron chi connectivity index (χ0n) is 19.9. The van der Waals surface area contributed by atoms with Crippen LogP contribution in [-0.2, 0) is 21.4 Å². The summed E-state index contributed by atoms with van der Waals surface area (Å²) in [6.07, 6.45) is 0.488. The maximum absolute atomic E-state index is 13.0. The number of carbonyl (C=O) groups is 1. The molecule has 1 amide bonds. The van der Waals surface area contributed by atoms with E-state index in [0.717, 1.165) is 0 Å². The van der Waals surface area contributed by atoms with E-state index in [9.17, 15) is 18.0 Å². The second kappa shape index (κ2) is 11.3. The Labute approximate surface area is 222 Å². The number of nitrogens with one attached hydrogen (secondary N) is 2. The van der Waals surface area contributed by atoms with Gasteiger partial charge in [-0.1, -0.05) is 42.4 Å². The summed E-state index contributed by atoms with van der Waals surface area (Å²) in [5.74, 6) is -0.264. The second-order valence-corrected chi connectivity index (χ2v) is 11.1. The normalized spacial score (nSPS) is 12.3. The standard InChI is InChI=1S/C24H23ClN6O4S2/c1-3-19(36-24-27-18-8-6-5-7-17(18)23(33)31(24)4-2)22(32)26-15-9-11-16(12-10-15)37(34,35)30-21-14-13-20(25)28-29-21/h5-14,19H,3-4H2,1-2H3,(H,26,32)(H,29,30). The zero-order chi connectivity index (χ0) is 26.6. The van der Waals surface area contributed by atoms with Crippen LogP contribution in [0.4, 0.5) is 11.5 Å². The van der Waals surface area contributed by atoms with Crippen molar-refractivity contribution in [3.05, 3.63) is 76.2 Å². The molecule has 4 aromatic rings. The number of sulfonamides is 1. The molecule has 2 aromatic heterocycles. The topological polar surface area (TPSA) is 136 Å². The highest BCUT2D eigenvalue weighted by atomic mass is 35.5. The van der Waals surface area contributed by atoms with Crippen LogP contribution in [0, 0.1) is 0 Å². The number of fused-ring (bicyclic) bond motifs is 1. The lowest BCUT2D eigenvalue weighted by atomic mass is 10.2. The van der Waals surface area contributed by atoms with Crippen LogP contribution in [0.3, 0.4) is 0 Å². The average molecular weight is 559 g/mol. The van der Waals surface area contributed by atoms with E-state index in [1.54, 1.807) is 22.8 Å². The van der Waals surface area contributed by atoms with Gasteiger partial charge in [-0.3, -0.25) is 18.9 Å². The number of benzene rings is 2. The molecule has 0 saturated heterocycles. The highest BCUT2D eigenvalue weighted by molar-refractivity contribution is 8.00. The van der Waals surface area contributed by atoms with Gasteiger partial charge in [-0.05, 0) is 61.9 Å². The fourth-order valence-electron chi connectivity index (χ4n) is 3.47. The number of halogens is 1. The van der Waals surface area contributed by atoms with Gasteiger partial charge in [-0.15, -0.1) is 10.2 Å². The molecule has 0 radical (unpaired) electrons. The Hall–Kier alpha value is -3.48. The fourth-order valence-corrected chi connectivity index (χ4v) is 5.65. The van der Waals surface area contributed by atoms with Gasteiger partial charge in [0.2, 0.25) is 5.91 Å². The summed E-state index contributed by atoms with van der Waals surface area (Å²) in [5, 5.41) is 10.7. The number of hydrogen-bond donors (Lipinski definition) is 2. The van der Waals surface area contributed by atoms with Crippen molar-refractivity contribution in [2.75, 3.05) is 10.0 Å². The third kappa shape index (κ3) is 6.09. The summed E-state index contributed by atoms with van der Waals surface area (Å²) in [7, 11) is -3.92. The summed E-state index contributed by atoms with van der Waals surface area (Å²) < 4.78 is 29.1. The van der Waals surface area contributed by atoms with E-state index in [2.05, 4.69) is 25.2 Å².